The molecule has 0 spiro atoms. The van der Waals surface area contributed by atoms with Gasteiger partial charge in [0, 0.05) is 29.9 Å². The number of carbonyl (C=O) groups is 1. The fourth-order valence-corrected chi connectivity index (χ4v) is 3.62. The third-order valence-corrected chi connectivity index (χ3v) is 5.12. The molecule has 0 aromatic heterocycles. The molecule has 1 fully saturated rings. The fourth-order valence-electron chi connectivity index (χ4n) is 3.62. The smallest absolute Gasteiger partial charge is 0.189 e. The number of carbonyl (C=O) groups excluding carboxylic acids is 1. The first-order chi connectivity index (χ1) is 12.7. The first kappa shape index (κ1) is 16.9. The highest BCUT2D eigenvalue weighted by atomic mass is 16.5. The highest BCUT2D eigenvalue weighted by molar-refractivity contribution is 6.13. The zero-order valence-electron chi connectivity index (χ0n) is 15.0. The lowest BCUT2D eigenvalue weighted by Gasteiger charge is -2.28. The van der Waals surface area contributed by atoms with Gasteiger partial charge in [-0.3, -0.25) is 4.79 Å². The van der Waals surface area contributed by atoms with Gasteiger partial charge in [-0.2, -0.15) is 0 Å². The summed E-state index contributed by atoms with van der Waals surface area (Å²) in [6.07, 6.45) is 3.67. The van der Waals surface area contributed by atoms with Crippen LogP contribution in [0.1, 0.15) is 27.9 Å². The Kier molecular flexibility index (Phi) is 4.76. The van der Waals surface area contributed by atoms with Crippen molar-refractivity contribution in [2.24, 2.45) is 0 Å². The van der Waals surface area contributed by atoms with Crippen LogP contribution in [0.3, 0.4) is 0 Å². The summed E-state index contributed by atoms with van der Waals surface area (Å²) >= 11 is 0. The second kappa shape index (κ2) is 7.34. The molecule has 0 atom stereocenters. The Labute approximate surface area is 154 Å². The van der Waals surface area contributed by atoms with E-state index in [1.807, 2.05) is 24.3 Å². The summed E-state index contributed by atoms with van der Waals surface area (Å²) in [5, 5.41) is 0. The van der Waals surface area contributed by atoms with Gasteiger partial charge >= 0.3 is 0 Å². The van der Waals surface area contributed by atoms with Crippen LogP contribution in [0.25, 0.3) is 6.08 Å². The molecule has 4 nitrogen and oxygen atoms in total. The van der Waals surface area contributed by atoms with Crippen LogP contribution >= 0.6 is 0 Å². The van der Waals surface area contributed by atoms with Crippen LogP contribution in [-0.4, -0.2) is 39.2 Å². The highest BCUT2D eigenvalue weighted by Crippen LogP contribution is 2.29. The van der Waals surface area contributed by atoms with Crippen molar-refractivity contribution in [3.05, 3.63) is 64.7 Å². The normalized spacial score (nSPS) is 18.7. The number of allylic oxidation sites excluding steroid dienone is 1. The topological polar surface area (TPSA) is 38.8 Å². The molecule has 1 aliphatic carbocycles. The molecule has 2 aliphatic rings. The maximum Gasteiger partial charge on any atom is 0.189 e. The van der Waals surface area contributed by atoms with Crippen molar-refractivity contribution in [3.63, 3.8) is 0 Å². The van der Waals surface area contributed by atoms with Crippen LogP contribution in [0.4, 0.5) is 5.69 Å². The molecule has 0 N–H and O–H groups in total. The molecule has 2 aromatic carbocycles. The maximum atomic E-state index is 12.8. The highest BCUT2D eigenvalue weighted by Gasteiger charge is 2.22. The van der Waals surface area contributed by atoms with E-state index < -0.39 is 0 Å². The fraction of sp³-hybridized carbons (Fsp3) is 0.318. The van der Waals surface area contributed by atoms with Crippen LogP contribution in [0.15, 0.2) is 48.0 Å². The number of nitrogens with zero attached hydrogens (tertiary/aromatic N) is 1. The first-order valence-corrected chi connectivity index (χ1v) is 9.09. The van der Waals surface area contributed by atoms with E-state index >= 15 is 0 Å². The van der Waals surface area contributed by atoms with Gasteiger partial charge in [0.1, 0.15) is 5.75 Å². The minimum absolute atomic E-state index is 0.131. The number of benzene rings is 2. The zero-order valence-corrected chi connectivity index (χ0v) is 15.0. The predicted octanol–water partition coefficient (Wildman–Crippen LogP) is 3.74. The van der Waals surface area contributed by atoms with E-state index in [1.54, 1.807) is 7.11 Å². The van der Waals surface area contributed by atoms with Crippen molar-refractivity contribution in [2.45, 2.75) is 12.8 Å². The number of ether oxygens (including phenoxy) is 2. The third-order valence-electron chi connectivity index (χ3n) is 5.12. The summed E-state index contributed by atoms with van der Waals surface area (Å²) in [6.45, 7) is 3.42. The Hall–Kier alpha value is -2.59. The van der Waals surface area contributed by atoms with E-state index in [9.17, 15) is 4.79 Å². The summed E-state index contributed by atoms with van der Waals surface area (Å²) in [5.74, 6) is 0.939. The third kappa shape index (κ3) is 3.37. The van der Waals surface area contributed by atoms with E-state index in [0.29, 0.717) is 0 Å². The van der Waals surface area contributed by atoms with Crippen LogP contribution < -0.4 is 9.64 Å². The summed E-state index contributed by atoms with van der Waals surface area (Å²) in [7, 11) is 1.65. The van der Waals surface area contributed by atoms with Gasteiger partial charge in [0.15, 0.2) is 5.78 Å². The van der Waals surface area contributed by atoms with Gasteiger partial charge in [0.25, 0.3) is 0 Å². The lowest BCUT2D eigenvalue weighted by Crippen LogP contribution is -2.36. The summed E-state index contributed by atoms with van der Waals surface area (Å²) in [5.41, 5.74) is 5.04. The van der Waals surface area contributed by atoms with Gasteiger partial charge < -0.3 is 14.4 Å². The Morgan fingerprint density at radius 2 is 1.81 bits per heavy atom. The van der Waals surface area contributed by atoms with Crippen LogP contribution in [0.2, 0.25) is 0 Å². The van der Waals surface area contributed by atoms with Crippen molar-refractivity contribution in [1.82, 2.24) is 0 Å². The minimum Gasteiger partial charge on any atom is -0.497 e. The van der Waals surface area contributed by atoms with Gasteiger partial charge in [0.2, 0.25) is 0 Å². The van der Waals surface area contributed by atoms with Crippen molar-refractivity contribution >= 4 is 17.5 Å². The molecule has 26 heavy (non-hydrogen) atoms. The second-order valence-electron chi connectivity index (χ2n) is 6.71. The summed E-state index contributed by atoms with van der Waals surface area (Å²) < 4.78 is 10.7. The van der Waals surface area contributed by atoms with Crippen molar-refractivity contribution in [1.29, 1.82) is 0 Å². The molecule has 0 bridgehead atoms. The van der Waals surface area contributed by atoms with Crippen LogP contribution in [0.5, 0.6) is 5.75 Å². The molecule has 1 heterocycles. The average molecular weight is 349 g/mol. The van der Waals surface area contributed by atoms with E-state index in [1.165, 1.54) is 5.69 Å². The number of hydrogen-bond donors (Lipinski definition) is 0. The van der Waals surface area contributed by atoms with Gasteiger partial charge in [0.05, 0.1) is 20.3 Å². The van der Waals surface area contributed by atoms with Gasteiger partial charge in [-0.05, 0) is 60.4 Å². The van der Waals surface area contributed by atoms with Crippen molar-refractivity contribution < 1.29 is 14.3 Å². The zero-order chi connectivity index (χ0) is 17.9. The molecule has 4 rings (SSSR count). The molecule has 0 radical (unpaired) electrons. The number of fused-ring (bicyclic) bond motifs is 1. The Balaban J connectivity index is 1.53. The first-order valence-electron chi connectivity index (χ1n) is 9.09. The number of anilines is 1. The van der Waals surface area contributed by atoms with Crippen LogP contribution in [-0.2, 0) is 11.2 Å². The van der Waals surface area contributed by atoms with E-state index in [0.717, 1.165) is 67.2 Å². The lowest BCUT2D eigenvalue weighted by atomic mass is 9.86. The Bertz CT molecular complexity index is 833. The maximum absolute atomic E-state index is 12.8. The number of morpholine rings is 1. The van der Waals surface area contributed by atoms with E-state index in [2.05, 4.69) is 29.2 Å². The molecule has 134 valence electrons. The summed E-state index contributed by atoms with van der Waals surface area (Å²) in [6, 6.07) is 14.2. The van der Waals surface area contributed by atoms with Gasteiger partial charge in [-0.25, -0.2) is 0 Å². The number of rotatable bonds is 3. The monoisotopic (exact) mass is 349 g/mol. The SMILES string of the molecule is COc1ccc2c(c1)CC/C(=C/c1ccc(N3CCOCC3)cc1)C2=O. The van der Waals surface area contributed by atoms with Gasteiger partial charge in [-0.1, -0.05) is 12.1 Å². The van der Waals surface area contributed by atoms with Crippen molar-refractivity contribution in [3.8, 4) is 5.75 Å². The molecule has 0 amide bonds. The molecule has 2 aromatic rings. The molecule has 0 unspecified atom stereocenters. The lowest BCUT2D eigenvalue weighted by molar-refractivity contribution is 0.102. The molecule has 1 saturated heterocycles. The Morgan fingerprint density at radius 1 is 1.04 bits per heavy atom. The molecular weight excluding hydrogens is 326 g/mol. The van der Waals surface area contributed by atoms with Gasteiger partial charge in [-0.15, -0.1) is 0 Å². The Morgan fingerprint density at radius 3 is 2.54 bits per heavy atom. The predicted molar refractivity (Wildman–Crippen MR) is 103 cm³/mol. The standard InChI is InChI=1S/C22H23NO3/c1-25-20-8-9-21-17(15-20)4-5-18(22(21)24)14-16-2-6-19(7-3-16)23-10-12-26-13-11-23/h2-3,6-9,14-15H,4-5,10-13H2,1H3/b18-14-. The number of methoxy groups -OCH3 is 1. The summed E-state index contributed by atoms with van der Waals surface area (Å²) in [4.78, 5) is 15.1. The van der Waals surface area contributed by atoms with E-state index in [4.69, 9.17) is 9.47 Å². The quantitative estimate of drug-likeness (QED) is 0.791. The molecule has 1 aliphatic heterocycles. The van der Waals surface area contributed by atoms with Crippen molar-refractivity contribution in [2.75, 3.05) is 38.3 Å². The second-order valence-corrected chi connectivity index (χ2v) is 6.71. The molecular formula is C22H23NO3. The number of hydrogen-bond acceptors (Lipinski definition) is 4. The molecule has 0 saturated carbocycles. The minimum atomic E-state index is 0.131. The van der Waals surface area contributed by atoms with Crippen LogP contribution in [0, 0.1) is 0 Å². The largest absolute Gasteiger partial charge is 0.497 e. The number of aryl methyl sites for hydroxylation is 1. The molecule has 4 heteroatoms. The average Bonchev–Trinajstić information content (AvgIpc) is 2.71. The number of Topliss-reactive ketones (excluding diaryl/α,β-unsaturated/α-hetero) is 1. The van der Waals surface area contributed by atoms with E-state index in [-0.39, 0.29) is 5.78 Å². The number of ketones is 1.